The van der Waals surface area contributed by atoms with Crippen molar-refractivity contribution in [2.24, 2.45) is 0 Å². The number of methoxy groups -OCH3 is 1. The number of esters is 1. The van der Waals surface area contributed by atoms with E-state index >= 15 is 0 Å². The highest BCUT2D eigenvalue weighted by atomic mass is 16.6. The van der Waals surface area contributed by atoms with Crippen molar-refractivity contribution in [3.05, 3.63) is 0 Å². The molecule has 0 aliphatic carbocycles. The van der Waals surface area contributed by atoms with Gasteiger partial charge in [-0.3, -0.25) is 4.79 Å². The lowest BCUT2D eigenvalue weighted by Gasteiger charge is -2.08. The van der Waals surface area contributed by atoms with Crippen LogP contribution in [-0.2, 0) is 47.4 Å². The third-order valence-corrected chi connectivity index (χ3v) is 4.89. The highest BCUT2D eigenvalue weighted by molar-refractivity contribution is 5.69. The van der Waals surface area contributed by atoms with Crippen LogP contribution in [0.5, 0.6) is 0 Å². The molecule has 0 aromatic carbocycles. The van der Waals surface area contributed by atoms with E-state index < -0.39 is 0 Å². The van der Waals surface area contributed by atoms with Crippen LogP contribution < -0.4 is 0 Å². The zero-order valence-electron chi connectivity index (χ0n) is 22.8. The summed E-state index contributed by atoms with van der Waals surface area (Å²) in [6, 6.07) is 0. The fraction of sp³-hybridized carbons (Fsp3) is 0.962. The van der Waals surface area contributed by atoms with Gasteiger partial charge in [0.05, 0.1) is 99.1 Å². The Bertz CT molecular complexity index is 426. The molecule has 0 aromatic heterocycles. The summed E-state index contributed by atoms with van der Waals surface area (Å²) in [4.78, 5) is 11.6. The molecule has 10 heteroatoms. The Kier molecular flexibility index (Phi) is 31.4. The number of rotatable bonds is 31. The van der Waals surface area contributed by atoms with Crippen LogP contribution in [0, 0.1) is 0 Å². The van der Waals surface area contributed by atoms with Crippen molar-refractivity contribution in [3.63, 3.8) is 0 Å². The molecule has 0 aliphatic heterocycles. The molecule has 0 spiro atoms. The summed E-state index contributed by atoms with van der Waals surface area (Å²) in [5, 5.41) is 0. The molecule has 0 aromatic rings. The molecule has 0 heterocycles. The van der Waals surface area contributed by atoms with Gasteiger partial charge < -0.3 is 42.6 Å². The summed E-state index contributed by atoms with van der Waals surface area (Å²) < 4.78 is 47.8. The second kappa shape index (κ2) is 32.2. The largest absolute Gasteiger partial charge is 0.463 e. The number of hydrogen-bond donors (Lipinski definition) is 0. The Balaban J connectivity index is 3.09. The van der Waals surface area contributed by atoms with Gasteiger partial charge in [-0.05, 0) is 6.42 Å². The molecule has 0 saturated heterocycles. The minimum absolute atomic E-state index is 0.139. The Labute approximate surface area is 218 Å². The van der Waals surface area contributed by atoms with Crippen LogP contribution in [0.2, 0.25) is 0 Å². The van der Waals surface area contributed by atoms with E-state index in [0.29, 0.717) is 112 Å². The highest BCUT2D eigenvalue weighted by Crippen LogP contribution is 2.07. The number of hydrogen-bond acceptors (Lipinski definition) is 10. The Hall–Kier alpha value is -0.850. The number of ether oxygens (including phenoxy) is 9. The third-order valence-electron chi connectivity index (χ3n) is 4.89. The minimum Gasteiger partial charge on any atom is -0.463 e. The van der Waals surface area contributed by atoms with Gasteiger partial charge in [0.15, 0.2) is 0 Å². The molecule has 0 rings (SSSR count). The number of unbranched alkanes of at least 4 members (excludes halogenated alkanes) is 5. The summed E-state index contributed by atoms with van der Waals surface area (Å²) >= 11 is 0. The molecule has 0 amide bonds. The van der Waals surface area contributed by atoms with Gasteiger partial charge in [0.1, 0.15) is 6.61 Å². The summed E-state index contributed by atoms with van der Waals surface area (Å²) in [6.07, 6.45) is 7.46. The smallest absolute Gasteiger partial charge is 0.305 e. The van der Waals surface area contributed by atoms with Crippen LogP contribution in [0.4, 0.5) is 0 Å². The van der Waals surface area contributed by atoms with Crippen molar-refractivity contribution in [3.8, 4) is 0 Å². The maximum Gasteiger partial charge on any atom is 0.305 e. The monoisotopic (exact) mass is 524 g/mol. The van der Waals surface area contributed by atoms with E-state index in [9.17, 15) is 4.79 Å². The van der Waals surface area contributed by atoms with Crippen LogP contribution in [0.1, 0.15) is 51.9 Å². The summed E-state index contributed by atoms with van der Waals surface area (Å²) in [6.45, 7) is 10.2. The predicted molar refractivity (Wildman–Crippen MR) is 137 cm³/mol. The van der Waals surface area contributed by atoms with Crippen molar-refractivity contribution in [1.29, 1.82) is 0 Å². The molecule has 0 N–H and O–H groups in total. The Morgan fingerprint density at radius 3 is 1.17 bits per heavy atom. The van der Waals surface area contributed by atoms with Crippen LogP contribution in [0.25, 0.3) is 0 Å². The van der Waals surface area contributed by atoms with E-state index in [1.807, 2.05) is 0 Å². The fourth-order valence-electron chi connectivity index (χ4n) is 2.90. The molecule has 0 fully saturated rings. The molecule has 0 saturated carbocycles. The van der Waals surface area contributed by atoms with Gasteiger partial charge in [0, 0.05) is 13.5 Å². The van der Waals surface area contributed by atoms with Gasteiger partial charge in [0.2, 0.25) is 0 Å². The van der Waals surface area contributed by atoms with E-state index in [1.54, 1.807) is 7.11 Å². The Morgan fingerprint density at radius 2 is 0.778 bits per heavy atom. The lowest BCUT2D eigenvalue weighted by Crippen LogP contribution is -2.15. The van der Waals surface area contributed by atoms with Crippen LogP contribution in [-0.4, -0.2) is 119 Å². The van der Waals surface area contributed by atoms with Gasteiger partial charge in [-0.15, -0.1) is 0 Å². The maximum atomic E-state index is 11.6. The van der Waals surface area contributed by atoms with Gasteiger partial charge in [-0.25, -0.2) is 0 Å². The molecule has 0 radical (unpaired) electrons. The lowest BCUT2D eigenvalue weighted by molar-refractivity contribution is -0.145. The lowest BCUT2D eigenvalue weighted by atomic mass is 10.1. The van der Waals surface area contributed by atoms with E-state index in [2.05, 4.69) is 6.92 Å². The predicted octanol–water partition coefficient (Wildman–Crippen LogP) is 3.04. The molecule has 216 valence electrons. The average Bonchev–Trinajstić information content (AvgIpc) is 2.88. The van der Waals surface area contributed by atoms with E-state index in [1.165, 1.54) is 25.7 Å². The molecule has 0 atom stereocenters. The van der Waals surface area contributed by atoms with Gasteiger partial charge in [-0.2, -0.15) is 0 Å². The van der Waals surface area contributed by atoms with E-state index in [-0.39, 0.29) is 5.97 Å². The van der Waals surface area contributed by atoms with Crippen LogP contribution in [0.3, 0.4) is 0 Å². The van der Waals surface area contributed by atoms with Crippen LogP contribution in [0.15, 0.2) is 0 Å². The molecule has 0 bridgehead atoms. The van der Waals surface area contributed by atoms with Crippen molar-refractivity contribution >= 4 is 5.97 Å². The van der Waals surface area contributed by atoms with E-state index in [4.69, 9.17) is 42.6 Å². The van der Waals surface area contributed by atoms with Gasteiger partial charge in [-0.1, -0.05) is 39.0 Å². The molecular formula is C26H52O10. The fourth-order valence-corrected chi connectivity index (χ4v) is 2.90. The first-order chi connectivity index (χ1) is 17.8. The maximum absolute atomic E-state index is 11.6. The SMILES string of the molecule is CCCCCCCCC(=O)OCCOCCOCCOCCOCCOCCOCCOCCOC. The first-order valence-corrected chi connectivity index (χ1v) is 13.5. The second-order valence-electron chi connectivity index (χ2n) is 8.02. The number of carbonyl (C=O) groups excluding carboxylic acids is 1. The van der Waals surface area contributed by atoms with Crippen molar-refractivity contribution < 1.29 is 47.4 Å². The quantitative estimate of drug-likeness (QED) is 0.0994. The molecule has 36 heavy (non-hydrogen) atoms. The zero-order valence-corrected chi connectivity index (χ0v) is 22.8. The molecule has 0 unspecified atom stereocenters. The molecule has 10 nitrogen and oxygen atoms in total. The minimum atomic E-state index is -0.139. The molecular weight excluding hydrogens is 472 g/mol. The standard InChI is InChI=1S/C26H52O10/c1-3-4-5-6-7-8-9-26(27)36-25-24-35-23-22-34-21-20-33-19-18-32-17-16-31-15-14-30-13-12-29-11-10-28-2/h3-25H2,1-2H3. The normalized spacial score (nSPS) is 11.3. The third kappa shape index (κ3) is 31.2. The highest BCUT2D eigenvalue weighted by Gasteiger charge is 2.02. The summed E-state index contributed by atoms with van der Waals surface area (Å²) in [5.41, 5.74) is 0. The summed E-state index contributed by atoms with van der Waals surface area (Å²) in [7, 11) is 1.64. The first kappa shape index (κ1) is 35.2. The molecule has 0 aliphatic rings. The van der Waals surface area contributed by atoms with Crippen LogP contribution >= 0.6 is 0 Å². The topological polar surface area (TPSA) is 100 Å². The first-order valence-electron chi connectivity index (χ1n) is 13.5. The van der Waals surface area contributed by atoms with Crippen molar-refractivity contribution in [2.75, 3.05) is 113 Å². The average molecular weight is 525 g/mol. The second-order valence-corrected chi connectivity index (χ2v) is 8.02. The zero-order chi connectivity index (χ0) is 26.2. The van der Waals surface area contributed by atoms with Crippen molar-refractivity contribution in [1.82, 2.24) is 0 Å². The number of carbonyl (C=O) groups is 1. The Morgan fingerprint density at radius 1 is 0.444 bits per heavy atom. The van der Waals surface area contributed by atoms with E-state index in [0.717, 1.165) is 12.8 Å². The summed E-state index contributed by atoms with van der Waals surface area (Å²) in [5.74, 6) is -0.139. The van der Waals surface area contributed by atoms with Gasteiger partial charge in [0.25, 0.3) is 0 Å². The van der Waals surface area contributed by atoms with Crippen molar-refractivity contribution in [2.45, 2.75) is 51.9 Å². The van der Waals surface area contributed by atoms with Gasteiger partial charge >= 0.3 is 5.97 Å².